The highest BCUT2D eigenvalue weighted by Gasteiger charge is 2.27. The molecule has 1 N–H and O–H groups in total. The lowest BCUT2D eigenvalue weighted by atomic mass is 10.2. The zero-order valence-electron chi connectivity index (χ0n) is 14.3. The van der Waals surface area contributed by atoms with E-state index in [1.54, 1.807) is 19.2 Å². The summed E-state index contributed by atoms with van der Waals surface area (Å²) in [6.45, 7) is 5.86. The molecule has 0 atom stereocenters. The normalized spacial score (nSPS) is 14.6. The molecule has 0 aliphatic heterocycles. The number of aliphatic imine (C=N–C) groups is 1. The van der Waals surface area contributed by atoms with Crippen molar-refractivity contribution < 1.29 is 4.39 Å². The van der Waals surface area contributed by atoms with Crippen molar-refractivity contribution in [3.63, 3.8) is 0 Å². The Balaban J connectivity index is 0.00000264. The summed E-state index contributed by atoms with van der Waals surface area (Å²) in [7, 11) is 3.75. The summed E-state index contributed by atoms with van der Waals surface area (Å²) >= 11 is 0. The summed E-state index contributed by atoms with van der Waals surface area (Å²) in [5.74, 6) is 0.646. The minimum Gasteiger partial charge on any atom is -0.355 e. The average Bonchev–Trinajstić information content (AvgIpc) is 3.32. The molecular formula is C17H28FIN4. The second kappa shape index (κ2) is 10.1. The highest BCUT2D eigenvalue weighted by molar-refractivity contribution is 14.0. The molecule has 0 radical (unpaired) electrons. The molecule has 0 saturated heterocycles. The van der Waals surface area contributed by atoms with Crippen LogP contribution in [0.2, 0.25) is 0 Å². The first-order valence-electron chi connectivity index (χ1n) is 8.04. The average molecular weight is 434 g/mol. The predicted molar refractivity (Wildman–Crippen MR) is 105 cm³/mol. The van der Waals surface area contributed by atoms with E-state index in [0.29, 0.717) is 6.54 Å². The number of nitrogens with one attached hydrogen (secondary N) is 1. The van der Waals surface area contributed by atoms with Crippen LogP contribution in [-0.4, -0.2) is 55.5 Å². The van der Waals surface area contributed by atoms with Crippen molar-refractivity contribution in [1.29, 1.82) is 0 Å². The monoisotopic (exact) mass is 434 g/mol. The highest BCUT2D eigenvalue weighted by Crippen LogP contribution is 2.25. The van der Waals surface area contributed by atoms with Gasteiger partial charge in [-0.2, -0.15) is 0 Å². The minimum atomic E-state index is -0.197. The van der Waals surface area contributed by atoms with E-state index in [2.05, 4.69) is 22.1 Å². The molecule has 0 unspecified atom stereocenters. The largest absolute Gasteiger partial charge is 0.355 e. The zero-order chi connectivity index (χ0) is 15.9. The van der Waals surface area contributed by atoms with Gasteiger partial charge in [-0.25, -0.2) is 4.39 Å². The van der Waals surface area contributed by atoms with Crippen molar-refractivity contribution in [2.45, 2.75) is 32.4 Å². The Hall–Kier alpha value is -0.890. The third-order valence-corrected chi connectivity index (χ3v) is 4.03. The number of hydrogen-bond donors (Lipinski definition) is 1. The van der Waals surface area contributed by atoms with E-state index in [1.807, 2.05) is 18.0 Å². The molecule has 1 aromatic rings. The fraction of sp³-hybridized carbons (Fsp3) is 0.588. The van der Waals surface area contributed by atoms with E-state index in [-0.39, 0.29) is 29.8 Å². The molecule has 4 nitrogen and oxygen atoms in total. The fourth-order valence-electron chi connectivity index (χ4n) is 2.72. The summed E-state index contributed by atoms with van der Waals surface area (Å²) < 4.78 is 13.2. The van der Waals surface area contributed by atoms with Crippen LogP contribution in [0.25, 0.3) is 0 Å². The van der Waals surface area contributed by atoms with Crippen molar-refractivity contribution in [2.75, 3.05) is 33.7 Å². The predicted octanol–water partition coefficient (Wildman–Crippen LogP) is 2.94. The van der Waals surface area contributed by atoms with Gasteiger partial charge in [0.05, 0.1) is 0 Å². The number of benzene rings is 1. The molecule has 1 aliphatic carbocycles. The molecule has 0 heterocycles. The molecule has 130 valence electrons. The van der Waals surface area contributed by atoms with Crippen molar-refractivity contribution in [3.05, 3.63) is 35.6 Å². The van der Waals surface area contributed by atoms with Crippen molar-refractivity contribution in [2.24, 2.45) is 4.99 Å². The first-order valence-corrected chi connectivity index (χ1v) is 8.04. The van der Waals surface area contributed by atoms with Gasteiger partial charge in [0.15, 0.2) is 5.96 Å². The van der Waals surface area contributed by atoms with Crippen LogP contribution in [0.15, 0.2) is 29.3 Å². The Kier molecular flexibility index (Phi) is 8.83. The number of guanidine groups is 1. The van der Waals surface area contributed by atoms with Crippen molar-refractivity contribution >= 4 is 29.9 Å². The topological polar surface area (TPSA) is 30.9 Å². The Bertz CT molecular complexity index is 505. The van der Waals surface area contributed by atoms with Gasteiger partial charge in [0, 0.05) is 39.8 Å². The molecule has 23 heavy (non-hydrogen) atoms. The first kappa shape index (κ1) is 20.2. The van der Waals surface area contributed by atoms with Crippen LogP contribution in [0.5, 0.6) is 0 Å². The summed E-state index contributed by atoms with van der Waals surface area (Å²) in [6, 6.07) is 7.49. The third-order valence-electron chi connectivity index (χ3n) is 4.03. The van der Waals surface area contributed by atoms with E-state index in [0.717, 1.165) is 37.2 Å². The van der Waals surface area contributed by atoms with Gasteiger partial charge in [0.25, 0.3) is 0 Å². The Morgan fingerprint density at radius 1 is 1.39 bits per heavy atom. The number of nitrogens with zero attached hydrogens (tertiary/aromatic N) is 3. The maximum Gasteiger partial charge on any atom is 0.193 e. The molecular weight excluding hydrogens is 406 g/mol. The standard InChI is InChI=1S/C17H27FN4.HI/c1-4-22(16-8-9-16)11-10-20-17(19-2)21(3)13-14-6-5-7-15(18)12-14;/h5-7,12,16H,4,8-11,13H2,1-3H3,(H,19,20);1H. The summed E-state index contributed by atoms with van der Waals surface area (Å²) in [4.78, 5) is 8.83. The molecule has 6 heteroatoms. The Morgan fingerprint density at radius 2 is 2.13 bits per heavy atom. The van der Waals surface area contributed by atoms with Crippen LogP contribution in [0.3, 0.4) is 0 Å². The zero-order valence-corrected chi connectivity index (χ0v) is 16.6. The lowest BCUT2D eigenvalue weighted by Crippen LogP contribution is -2.42. The van der Waals surface area contributed by atoms with Crippen LogP contribution >= 0.6 is 24.0 Å². The van der Waals surface area contributed by atoms with Gasteiger partial charge in [-0.05, 0) is 37.1 Å². The van der Waals surface area contributed by atoms with E-state index in [1.165, 1.54) is 18.9 Å². The van der Waals surface area contributed by atoms with Gasteiger partial charge in [-0.3, -0.25) is 9.89 Å². The summed E-state index contributed by atoms with van der Waals surface area (Å²) in [6.07, 6.45) is 2.67. The highest BCUT2D eigenvalue weighted by atomic mass is 127. The number of rotatable bonds is 7. The lowest BCUT2D eigenvalue weighted by Gasteiger charge is -2.24. The summed E-state index contributed by atoms with van der Waals surface area (Å²) in [5.41, 5.74) is 0.943. The van der Waals surface area contributed by atoms with Gasteiger partial charge in [0.1, 0.15) is 5.82 Å². The van der Waals surface area contributed by atoms with E-state index in [4.69, 9.17) is 0 Å². The molecule has 2 rings (SSSR count). The van der Waals surface area contributed by atoms with Crippen molar-refractivity contribution in [3.8, 4) is 0 Å². The van der Waals surface area contributed by atoms with Gasteiger partial charge in [-0.1, -0.05) is 19.1 Å². The molecule has 0 amide bonds. The molecule has 0 spiro atoms. The lowest BCUT2D eigenvalue weighted by molar-refractivity contribution is 0.280. The minimum absolute atomic E-state index is 0. The van der Waals surface area contributed by atoms with Gasteiger partial charge < -0.3 is 10.2 Å². The summed E-state index contributed by atoms with van der Waals surface area (Å²) in [5, 5.41) is 3.39. The van der Waals surface area contributed by atoms with Crippen LogP contribution in [0.4, 0.5) is 4.39 Å². The quantitative estimate of drug-likeness (QED) is 0.407. The van der Waals surface area contributed by atoms with Gasteiger partial charge in [0.2, 0.25) is 0 Å². The van der Waals surface area contributed by atoms with Crippen LogP contribution in [0.1, 0.15) is 25.3 Å². The second-order valence-electron chi connectivity index (χ2n) is 5.82. The first-order chi connectivity index (χ1) is 10.6. The number of likely N-dealkylation sites (N-methyl/N-ethyl adjacent to an activating group) is 1. The fourth-order valence-corrected chi connectivity index (χ4v) is 2.72. The Labute approximate surface area is 156 Å². The van der Waals surface area contributed by atoms with Crippen LogP contribution in [-0.2, 0) is 6.54 Å². The molecule has 0 aromatic heterocycles. The molecule has 1 fully saturated rings. The maximum atomic E-state index is 13.2. The number of hydrogen-bond acceptors (Lipinski definition) is 2. The maximum absolute atomic E-state index is 13.2. The SMILES string of the molecule is CCN(CCNC(=NC)N(C)Cc1cccc(F)c1)C1CC1.I. The number of halogens is 2. The van der Waals surface area contributed by atoms with Gasteiger partial charge in [-0.15, -0.1) is 24.0 Å². The molecule has 1 aromatic carbocycles. The molecule has 0 bridgehead atoms. The molecule has 1 saturated carbocycles. The molecule has 1 aliphatic rings. The Morgan fingerprint density at radius 3 is 2.70 bits per heavy atom. The van der Waals surface area contributed by atoms with E-state index >= 15 is 0 Å². The van der Waals surface area contributed by atoms with Crippen LogP contribution in [0, 0.1) is 5.82 Å². The van der Waals surface area contributed by atoms with Crippen molar-refractivity contribution in [1.82, 2.24) is 15.1 Å². The van der Waals surface area contributed by atoms with E-state index < -0.39 is 0 Å². The smallest absolute Gasteiger partial charge is 0.193 e. The van der Waals surface area contributed by atoms with E-state index in [9.17, 15) is 4.39 Å². The van der Waals surface area contributed by atoms with Gasteiger partial charge >= 0.3 is 0 Å². The second-order valence-corrected chi connectivity index (χ2v) is 5.82. The van der Waals surface area contributed by atoms with Crippen LogP contribution < -0.4 is 5.32 Å². The third kappa shape index (κ3) is 6.63.